The zero-order chi connectivity index (χ0) is 46.8. The maximum Gasteiger partial charge on any atom is 0.472 e. The number of carbonyl (C=O) groups is 2. The van der Waals surface area contributed by atoms with Gasteiger partial charge in [-0.15, -0.1) is 0 Å². The van der Waals surface area contributed by atoms with Crippen molar-refractivity contribution in [1.29, 1.82) is 0 Å². The molecule has 0 radical (unpaired) electrons. The molecule has 0 bridgehead atoms. The van der Waals surface area contributed by atoms with Crippen molar-refractivity contribution in [1.82, 2.24) is 0 Å². The first-order valence-corrected chi connectivity index (χ1v) is 25.0. The van der Waals surface area contributed by atoms with Gasteiger partial charge >= 0.3 is 19.8 Å². The number of hydrogen-bond acceptors (Lipinski definition) is 13. The summed E-state index contributed by atoms with van der Waals surface area (Å²) < 4.78 is 39.2. The number of hydrogen-bond donors (Lipinski definition) is 6. The molecule has 5 unspecified atom stereocenters. The minimum absolute atomic E-state index is 0.00481. The molecular formula is C49H79O14P. The second-order valence-electron chi connectivity index (χ2n) is 16.3. The van der Waals surface area contributed by atoms with Gasteiger partial charge in [-0.1, -0.05) is 125 Å². The molecule has 1 saturated carbocycles. The minimum atomic E-state index is -5.15. The van der Waals surface area contributed by atoms with E-state index in [0.717, 1.165) is 77.0 Å². The molecular weight excluding hydrogens is 843 g/mol. The van der Waals surface area contributed by atoms with E-state index >= 15 is 0 Å². The van der Waals surface area contributed by atoms with Crippen molar-refractivity contribution in [2.75, 3.05) is 13.2 Å². The second kappa shape index (κ2) is 35.2. The topological polar surface area (TPSA) is 222 Å². The largest absolute Gasteiger partial charge is 0.472 e. The van der Waals surface area contributed by atoms with E-state index in [4.69, 9.17) is 23.3 Å². The van der Waals surface area contributed by atoms with Crippen LogP contribution in [0.1, 0.15) is 142 Å². The highest BCUT2D eigenvalue weighted by Crippen LogP contribution is 2.47. The standard InChI is InChI=1S/C49H79O14P/c1-3-5-7-9-11-12-13-14-15-16-17-18-19-20-23-27-31-35-42(50)59-37-39(38-60-64(57,58)63-49-47(55)45(53)44(52)46(54)48(49)56)61-43(51)36-32-28-24-21-22-26-30-34-41-40(62-41)33-29-25-10-8-6-4-2/h5,7,11-12,14-15,17-18,21,24-26,29-30,39-41,44-49,52-56H,3-4,6,8-10,13,16,19-20,22-23,27-28,31-38H2,1-2H3,(H,57,58)/b7-5-,12-11-,15-14-,18-17-,24-21-,29-25-,30-26-/t39-,40?,41?,44?,45-,46+,47-,48-,49?/m1/s1. The number of allylic oxidation sites excluding steroid dienone is 12. The summed E-state index contributed by atoms with van der Waals surface area (Å²) in [6, 6.07) is 0. The lowest BCUT2D eigenvalue weighted by atomic mass is 9.85. The Labute approximate surface area is 382 Å². The van der Waals surface area contributed by atoms with Gasteiger partial charge in [0.1, 0.15) is 43.2 Å². The summed E-state index contributed by atoms with van der Waals surface area (Å²) in [5, 5.41) is 50.2. The van der Waals surface area contributed by atoms with Crippen LogP contribution in [0, 0.1) is 0 Å². The van der Waals surface area contributed by atoms with Crippen molar-refractivity contribution in [2.45, 2.75) is 197 Å². The molecule has 2 fully saturated rings. The van der Waals surface area contributed by atoms with Gasteiger partial charge in [0.25, 0.3) is 0 Å². The van der Waals surface area contributed by atoms with Crippen LogP contribution in [0.25, 0.3) is 0 Å². The quantitative estimate of drug-likeness (QED) is 0.0115. The number of aliphatic hydroxyl groups is 5. The maximum atomic E-state index is 12.8. The van der Waals surface area contributed by atoms with E-state index in [1.165, 1.54) is 19.3 Å². The van der Waals surface area contributed by atoms with Crippen molar-refractivity contribution in [3.05, 3.63) is 85.1 Å². The summed E-state index contributed by atoms with van der Waals surface area (Å²) in [6.45, 7) is 3.07. The van der Waals surface area contributed by atoms with Crippen LogP contribution in [0.5, 0.6) is 0 Å². The molecule has 1 saturated heterocycles. The van der Waals surface area contributed by atoms with E-state index in [0.29, 0.717) is 25.4 Å². The monoisotopic (exact) mass is 923 g/mol. The number of aliphatic hydroxyl groups excluding tert-OH is 5. The molecule has 2 rings (SSSR count). The Hall–Kier alpha value is -3.01. The second-order valence-corrected chi connectivity index (χ2v) is 17.7. The number of phosphoric acid groups is 1. The van der Waals surface area contributed by atoms with Gasteiger partial charge < -0.3 is 44.6 Å². The van der Waals surface area contributed by atoms with Gasteiger partial charge in [-0.2, -0.15) is 0 Å². The molecule has 10 atom stereocenters. The van der Waals surface area contributed by atoms with Crippen LogP contribution < -0.4 is 0 Å². The van der Waals surface area contributed by atoms with E-state index in [1.807, 2.05) is 12.2 Å². The molecule has 15 heteroatoms. The minimum Gasteiger partial charge on any atom is -0.462 e. The molecule has 14 nitrogen and oxygen atoms in total. The van der Waals surface area contributed by atoms with Crippen molar-refractivity contribution >= 4 is 19.8 Å². The van der Waals surface area contributed by atoms with E-state index in [2.05, 4.69) is 86.8 Å². The first-order chi connectivity index (χ1) is 30.9. The molecule has 1 aliphatic carbocycles. The Morgan fingerprint density at radius 1 is 0.562 bits per heavy atom. The third-order valence-electron chi connectivity index (χ3n) is 10.6. The van der Waals surface area contributed by atoms with Crippen molar-refractivity contribution in [3.63, 3.8) is 0 Å². The maximum absolute atomic E-state index is 12.8. The molecule has 2 aliphatic rings. The van der Waals surface area contributed by atoms with Gasteiger partial charge in [-0.25, -0.2) is 4.57 Å². The molecule has 364 valence electrons. The Morgan fingerprint density at radius 3 is 1.62 bits per heavy atom. The smallest absolute Gasteiger partial charge is 0.462 e. The van der Waals surface area contributed by atoms with Gasteiger partial charge in [0.05, 0.1) is 18.8 Å². The van der Waals surface area contributed by atoms with E-state index in [-0.39, 0.29) is 18.9 Å². The Kier molecular flexibility index (Phi) is 31.4. The molecule has 1 heterocycles. The molecule has 6 N–H and O–H groups in total. The van der Waals surface area contributed by atoms with Crippen LogP contribution in [0.2, 0.25) is 0 Å². The number of rotatable bonds is 36. The van der Waals surface area contributed by atoms with Gasteiger partial charge in [0, 0.05) is 12.8 Å². The third kappa shape index (κ3) is 26.8. The molecule has 0 aromatic rings. The Morgan fingerprint density at radius 2 is 1.03 bits per heavy atom. The highest BCUT2D eigenvalue weighted by atomic mass is 31.2. The van der Waals surface area contributed by atoms with Crippen LogP contribution in [-0.2, 0) is 37.4 Å². The predicted octanol–water partition coefficient (Wildman–Crippen LogP) is 8.26. The predicted molar refractivity (Wildman–Crippen MR) is 248 cm³/mol. The number of phosphoric ester groups is 1. The van der Waals surface area contributed by atoms with Gasteiger partial charge in [0.15, 0.2) is 6.10 Å². The fraction of sp³-hybridized carbons (Fsp3) is 0.673. The van der Waals surface area contributed by atoms with E-state index < -0.39 is 75.7 Å². The number of unbranched alkanes of at least 4 members (excludes halogenated alkanes) is 8. The normalized spacial score (nSPS) is 25.5. The van der Waals surface area contributed by atoms with Crippen LogP contribution >= 0.6 is 7.82 Å². The lowest BCUT2D eigenvalue weighted by Gasteiger charge is -2.41. The number of epoxide rings is 1. The fourth-order valence-electron chi connectivity index (χ4n) is 6.72. The first-order valence-electron chi connectivity index (χ1n) is 23.5. The molecule has 0 aromatic heterocycles. The SMILES string of the molecule is CC/C=C\C/C=C\C/C=C\C/C=C\CCCCCCC(=O)OC[C@H](COP(=O)(O)OC1[C@H](O)[C@H](O)C(O)[C@H](O)[C@H]1O)OC(=O)CCC/C=C\C/C=C\CC1OC1C/C=C\CCCCC. The van der Waals surface area contributed by atoms with Crippen LogP contribution in [0.3, 0.4) is 0 Å². The van der Waals surface area contributed by atoms with E-state index in [9.17, 15) is 44.6 Å². The third-order valence-corrected chi connectivity index (χ3v) is 11.6. The summed E-state index contributed by atoms with van der Waals surface area (Å²) in [7, 11) is -5.15. The number of ether oxygens (including phenoxy) is 3. The molecule has 0 amide bonds. The number of esters is 2. The molecule has 64 heavy (non-hydrogen) atoms. The summed E-state index contributed by atoms with van der Waals surface area (Å²) in [6.07, 6.45) is 33.8. The zero-order valence-electron chi connectivity index (χ0n) is 38.2. The average molecular weight is 923 g/mol. The van der Waals surface area contributed by atoms with Gasteiger partial charge in [-0.05, 0) is 89.9 Å². The lowest BCUT2D eigenvalue weighted by molar-refractivity contribution is -0.220. The van der Waals surface area contributed by atoms with Crippen molar-refractivity contribution in [2.24, 2.45) is 0 Å². The lowest BCUT2D eigenvalue weighted by Crippen LogP contribution is -2.64. The molecule has 1 aliphatic heterocycles. The average Bonchev–Trinajstić information content (AvgIpc) is 4.03. The van der Waals surface area contributed by atoms with E-state index in [1.54, 1.807) is 0 Å². The highest BCUT2D eigenvalue weighted by molar-refractivity contribution is 7.47. The van der Waals surface area contributed by atoms with Crippen LogP contribution in [0.15, 0.2) is 85.1 Å². The summed E-state index contributed by atoms with van der Waals surface area (Å²) >= 11 is 0. The van der Waals surface area contributed by atoms with Gasteiger partial charge in [0.2, 0.25) is 0 Å². The van der Waals surface area contributed by atoms with Crippen molar-refractivity contribution in [3.8, 4) is 0 Å². The molecule has 0 aromatic carbocycles. The van der Waals surface area contributed by atoms with Crippen LogP contribution in [-0.4, -0.2) is 111 Å². The Bertz CT molecular complexity index is 1510. The number of carbonyl (C=O) groups excluding carboxylic acids is 2. The van der Waals surface area contributed by atoms with Crippen molar-refractivity contribution < 1.29 is 67.8 Å². The Balaban J connectivity index is 1.74. The highest BCUT2D eigenvalue weighted by Gasteiger charge is 2.51. The zero-order valence-corrected chi connectivity index (χ0v) is 39.1. The summed E-state index contributed by atoms with van der Waals surface area (Å²) in [5.74, 6) is -1.21. The van der Waals surface area contributed by atoms with Gasteiger partial charge in [-0.3, -0.25) is 18.6 Å². The fourth-order valence-corrected chi connectivity index (χ4v) is 7.69. The first kappa shape index (κ1) is 57.1. The summed E-state index contributed by atoms with van der Waals surface area (Å²) in [4.78, 5) is 35.7. The van der Waals surface area contributed by atoms with Crippen LogP contribution in [0.4, 0.5) is 0 Å². The molecule has 0 spiro atoms. The summed E-state index contributed by atoms with van der Waals surface area (Å²) in [5.41, 5.74) is 0.